The highest BCUT2D eigenvalue weighted by atomic mass is 35.5. The van der Waals surface area contributed by atoms with Crippen molar-refractivity contribution in [2.75, 3.05) is 44.2 Å². The van der Waals surface area contributed by atoms with Crippen LogP contribution in [-0.4, -0.2) is 67.8 Å². The van der Waals surface area contributed by atoms with E-state index in [0.717, 1.165) is 30.2 Å². The highest BCUT2D eigenvalue weighted by molar-refractivity contribution is 7.91. The van der Waals surface area contributed by atoms with E-state index >= 15 is 0 Å². The highest BCUT2D eigenvalue weighted by Gasteiger charge is 2.31. The van der Waals surface area contributed by atoms with E-state index in [1.807, 2.05) is 6.07 Å². The molecule has 152 valence electrons. The topological polar surface area (TPSA) is 73.8 Å². The van der Waals surface area contributed by atoms with Gasteiger partial charge in [0.25, 0.3) is 15.9 Å². The molecule has 7 nitrogen and oxygen atoms in total. The summed E-state index contributed by atoms with van der Waals surface area (Å²) in [6.45, 7) is 7.02. The Hall–Kier alpha value is -1.68. The second-order valence-corrected chi connectivity index (χ2v) is 10.2. The molecule has 0 unspecified atom stereocenters. The van der Waals surface area contributed by atoms with Crippen molar-refractivity contribution in [2.24, 2.45) is 0 Å². The van der Waals surface area contributed by atoms with Gasteiger partial charge in [0, 0.05) is 45.5 Å². The lowest BCUT2D eigenvalue weighted by atomic mass is 10.2. The molecule has 0 aromatic carbocycles. The lowest BCUT2D eigenvalue weighted by Crippen LogP contribution is -2.50. The molecule has 3 rings (SSSR count). The number of thiophene rings is 1. The van der Waals surface area contributed by atoms with E-state index in [0.29, 0.717) is 23.0 Å². The van der Waals surface area contributed by atoms with Crippen LogP contribution in [-0.2, 0) is 10.0 Å². The summed E-state index contributed by atoms with van der Waals surface area (Å²) in [4.78, 5) is 20.9. The van der Waals surface area contributed by atoms with E-state index in [-0.39, 0.29) is 23.2 Å². The summed E-state index contributed by atoms with van der Waals surface area (Å²) in [6, 6.07) is 6.72. The number of carbonyl (C=O) groups is 1. The highest BCUT2D eigenvalue weighted by Crippen LogP contribution is 2.28. The first kappa shape index (κ1) is 21.0. The number of anilines is 1. The number of carbonyl (C=O) groups excluding carboxylic acids is 1. The number of aromatic nitrogens is 1. The Morgan fingerprint density at radius 2 is 1.82 bits per heavy atom. The zero-order chi connectivity index (χ0) is 20.3. The molecule has 1 fully saturated rings. The van der Waals surface area contributed by atoms with Gasteiger partial charge < -0.3 is 9.80 Å². The summed E-state index contributed by atoms with van der Waals surface area (Å²) in [5.74, 6) is 0.710. The van der Waals surface area contributed by atoms with Gasteiger partial charge in [-0.05, 0) is 38.1 Å². The van der Waals surface area contributed by atoms with Crippen LogP contribution in [0.1, 0.15) is 24.2 Å². The lowest BCUT2D eigenvalue weighted by Gasteiger charge is -2.33. The molecular weight excluding hydrogens is 420 g/mol. The molecular formula is C18H23ClN4O3S2. The molecule has 3 heterocycles. The fourth-order valence-corrected chi connectivity index (χ4v) is 6.18. The fraction of sp³-hybridized carbons (Fsp3) is 0.444. The number of hydrogen-bond acceptors (Lipinski definition) is 6. The molecule has 28 heavy (non-hydrogen) atoms. The number of amides is 1. The van der Waals surface area contributed by atoms with E-state index < -0.39 is 10.0 Å². The molecule has 0 N–H and O–H groups in total. The zero-order valence-electron chi connectivity index (χ0n) is 15.8. The van der Waals surface area contributed by atoms with Gasteiger partial charge in [-0.25, -0.2) is 13.4 Å². The van der Waals surface area contributed by atoms with Crippen molar-refractivity contribution in [2.45, 2.75) is 18.1 Å². The first-order valence-corrected chi connectivity index (χ1v) is 11.8. The predicted octanol–water partition coefficient (Wildman–Crippen LogP) is 2.79. The summed E-state index contributed by atoms with van der Waals surface area (Å²) in [5, 5.41) is 0. The van der Waals surface area contributed by atoms with E-state index in [4.69, 9.17) is 11.6 Å². The Labute approximate surface area is 174 Å². The number of pyridine rings is 1. The third-order valence-electron chi connectivity index (χ3n) is 4.75. The molecule has 0 atom stereocenters. The van der Waals surface area contributed by atoms with E-state index in [9.17, 15) is 13.2 Å². The van der Waals surface area contributed by atoms with Crippen LogP contribution >= 0.6 is 22.9 Å². The SMILES string of the molecule is CCN(CC)c1ccc(C(=O)N2CCN(S(=O)(=O)c3ccc(Cl)s3)CC2)cn1. The quantitative estimate of drug-likeness (QED) is 0.687. The van der Waals surface area contributed by atoms with Crippen molar-refractivity contribution in [3.05, 3.63) is 40.4 Å². The fourth-order valence-electron chi connectivity index (χ4n) is 3.12. The summed E-state index contributed by atoms with van der Waals surface area (Å²) in [5.41, 5.74) is 0.511. The Bertz CT molecular complexity index is 919. The van der Waals surface area contributed by atoms with Crippen LogP contribution in [0.3, 0.4) is 0 Å². The van der Waals surface area contributed by atoms with Crippen LogP contribution in [0.4, 0.5) is 5.82 Å². The largest absolute Gasteiger partial charge is 0.357 e. The molecule has 2 aromatic rings. The van der Waals surface area contributed by atoms with Gasteiger partial charge in [0.2, 0.25) is 0 Å². The van der Waals surface area contributed by atoms with Crippen LogP contribution < -0.4 is 4.90 Å². The number of halogens is 1. The monoisotopic (exact) mass is 442 g/mol. The molecule has 2 aromatic heterocycles. The molecule has 1 amide bonds. The zero-order valence-corrected chi connectivity index (χ0v) is 18.2. The third-order valence-corrected chi connectivity index (χ3v) is 8.35. The minimum Gasteiger partial charge on any atom is -0.357 e. The van der Waals surface area contributed by atoms with E-state index in [1.165, 1.54) is 10.4 Å². The summed E-state index contributed by atoms with van der Waals surface area (Å²) in [7, 11) is -3.56. The van der Waals surface area contributed by atoms with Crippen molar-refractivity contribution in [1.29, 1.82) is 0 Å². The number of nitrogens with zero attached hydrogens (tertiary/aromatic N) is 4. The molecule has 0 saturated carbocycles. The van der Waals surface area contributed by atoms with Gasteiger partial charge in [-0.1, -0.05) is 11.6 Å². The van der Waals surface area contributed by atoms with E-state index in [1.54, 1.807) is 23.2 Å². The molecule has 0 aliphatic carbocycles. The molecule has 1 aliphatic rings. The smallest absolute Gasteiger partial charge is 0.255 e. The van der Waals surface area contributed by atoms with Gasteiger partial charge >= 0.3 is 0 Å². The number of piperazine rings is 1. The normalized spacial score (nSPS) is 15.6. The molecule has 0 radical (unpaired) electrons. The van der Waals surface area contributed by atoms with Gasteiger partial charge in [-0.2, -0.15) is 4.31 Å². The van der Waals surface area contributed by atoms with Crippen LogP contribution in [0, 0.1) is 0 Å². The minimum absolute atomic E-state index is 0.130. The van der Waals surface area contributed by atoms with Crippen molar-refractivity contribution in [3.63, 3.8) is 0 Å². The van der Waals surface area contributed by atoms with Gasteiger partial charge in [0.05, 0.1) is 9.90 Å². The Morgan fingerprint density at radius 3 is 2.32 bits per heavy atom. The van der Waals surface area contributed by atoms with Gasteiger partial charge in [-0.15, -0.1) is 11.3 Å². The number of rotatable bonds is 6. The third kappa shape index (κ3) is 4.32. The summed E-state index contributed by atoms with van der Waals surface area (Å²) < 4.78 is 27.4. The summed E-state index contributed by atoms with van der Waals surface area (Å²) >= 11 is 6.90. The number of hydrogen-bond donors (Lipinski definition) is 0. The molecule has 1 aliphatic heterocycles. The van der Waals surface area contributed by atoms with Crippen molar-refractivity contribution >= 4 is 44.7 Å². The first-order valence-electron chi connectivity index (χ1n) is 9.12. The Balaban J connectivity index is 1.64. The Morgan fingerprint density at radius 1 is 1.14 bits per heavy atom. The maximum atomic E-state index is 12.7. The van der Waals surface area contributed by atoms with E-state index in [2.05, 4.69) is 23.7 Å². The Kier molecular flexibility index (Phi) is 6.59. The van der Waals surface area contributed by atoms with Gasteiger partial charge in [-0.3, -0.25) is 4.79 Å². The second-order valence-electron chi connectivity index (χ2n) is 6.33. The molecule has 0 bridgehead atoms. The van der Waals surface area contributed by atoms with Crippen LogP contribution in [0.5, 0.6) is 0 Å². The maximum absolute atomic E-state index is 12.7. The molecule has 1 saturated heterocycles. The second kappa shape index (κ2) is 8.77. The molecule has 0 spiro atoms. The van der Waals surface area contributed by atoms with Crippen LogP contribution in [0.2, 0.25) is 4.34 Å². The van der Waals surface area contributed by atoms with Crippen molar-refractivity contribution in [3.8, 4) is 0 Å². The van der Waals surface area contributed by atoms with Crippen LogP contribution in [0.15, 0.2) is 34.7 Å². The minimum atomic E-state index is -3.56. The number of sulfonamides is 1. The van der Waals surface area contributed by atoms with Crippen molar-refractivity contribution in [1.82, 2.24) is 14.2 Å². The van der Waals surface area contributed by atoms with Gasteiger partial charge in [0.1, 0.15) is 10.0 Å². The molecule has 10 heteroatoms. The first-order chi connectivity index (χ1) is 13.4. The van der Waals surface area contributed by atoms with Crippen molar-refractivity contribution < 1.29 is 13.2 Å². The lowest BCUT2D eigenvalue weighted by molar-refractivity contribution is 0.0697. The standard InChI is InChI=1S/C18H23ClN4O3S2/c1-3-21(4-2)16-7-5-14(13-20-16)18(24)22-9-11-23(12-10-22)28(25,26)17-8-6-15(19)27-17/h5-8,13H,3-4,9-12H2,1-2H3. The van der Waals surface area contributed by atoms with Crippen LogP contribution in [0.25, 0.3) is 0 Å². The summed E-state index contributed by atoms with van der Waals surface area (Å²) in [6.07, 6.45) is 1.59. The van der Waals surface area contributed by atoms with Gasteiger partial charge in [0.15, 0.2) is 0 Å². The maximum Gasteiger partial charge on any atom is 0.255 e. The average molecular weight is 443 g/mol. The predicted molar refractivity (Wildman–Crippen MR) is 112 cm³/mol. The average Bonchev–Trinajstić information content (AvgIpc) is 3.16.